The summed E-state index contributed by atoms with van der Waals surface area (Å²) in [5.41, 5.74) is 2.43. The van der Waals surface area contributed by atoms with E-state index in [2.05, 4.69) is 5.32 Å². The predicted octanol–water partition coefficient (Wildman–Crippen LogP) is 4.47. The van der Waals surface area contributed by atoms with Gasteiger partial charge in [0.05, 0.1) is 22.9 Å². The van der Waals surface area contributed by atoms with Crippen LogP contribution in [-0.2, 0) is 10.0 Å². The number of hydrogen-bond acceptors (Lipinski definition) is 4. The molecular formula is C23H24N2O4S. The van der Waals surface area contributed by atoms with E-state index in [0.29, 0.717) is 29.3 Å². The molecule has 0 aromatic heterocycles. The molecule has 0 saturated carbocycles. The normalized spacial score (nSPS) is 11.0. The molecule has 3 rings (SSSR count). The highest BCUT2D eigenvalue weighted by molar-refractivity contribution is 7.92. The van der Waals surface area contributed by atoms with Gasteiger partial charge in [0.1, 0.15) is 5.75 Å². The molecule has 0 fully saturated rings. The fourth-order valence-corrected chi connectivity index (χ4v) is 4.07. The highest BCUT2D eigenvalue weighted by atomic mass is 32.2. The second-order valence-corrected chi connectivity index (χ2v) is 8.69. The fourth-order valence-electron chi connectivity index (χ4n) is 2.88. The number of carbonyl (C=O) groups is 1. The molecule has 3 aromatic rings. The van der Waals surface area contributed by atoms with Crippen LogP contribution in [0, 0.1) is 6.92 Å². The number of carbonyl (C=O) groups excluding carboxylic acids is 1. The van der Waals surface area contributed by atoms with Gasteiger partial charge in [0.15, 0.2) is 0 Å². The van der Waals surface area contributed by atoms with E-state index in [1.807, 2.05) is 26.0 Å². The summed E-state index contributed by atoms with van der Waals surface area (Å²) in [6.07, 6.45) is 0. The number of ether oxygens (including phenoxy) is 1. The van der Waals surface area contributed by atoms with Gasteiger partial charge in [-0.3, -0.25) is 9.10 Å². The Labute approximate surface area is 177 Å². The SMILES string of the molecule is CCOc1ccccc1NC(=O)c1ccc(N(C)S(=O)(=O)c2ccc(C)cc2)cc1. The van der Waals surface area contributed by atoms with Crippen LogP contribution >= 0.6 is 0 Å². The largest absolute Gasteiger partial charge is 0.492 e. The molecule has 0 spiro atoms. The molecule has 0 saturated heterocycles. The Morgan fingerprint density at radius 3 is 2.23 bits per heavy atom. The van der Waals surface area contributed by atoms with Gasteiger partial charge < -0.3 is 10.1 Å². The number of aryl methyl sites for hydroxylation is 1. The van der Waals surface area contributed by atoms with Crippen molar-refractivity contribution in [2.45, 2.75) is 18.7 Å². The van der Waals surface area contributed by atoms with E-state index in [9.17, 15) is 13.2 Å². The molecule has 3 aromatic carbocycles. The van der Waals surface area contributed by atoms with Crippen LogP contribution in [0.4, 0.5) is 11.4 Å². The lowest BCUT2D eigenvalue weighted by molar-refractivity contribution is 0.102. The van der Waals surface area contributed by atoms with E-state index in [1.54, 1.807) is 60.7 Å². The topological polar surface area (TPSA) is 75.7 Å². The van der Waals surface area contributed by atoms with Crippen molar-refractivity contribution in [2.24, 2.45) is 0 Å². The predicted molar refractivity (Wildman–Crippen MR) is 119 cm³/mol. The molecule has 30 heavy (non-hydrogen) atoms. The van der Waals surface area contributed by atoms with Gasteiger partial charge in [-0.1, -0.05) is 29.8 Å². The Balaban J connectivity index is 1.77. The van der Waals surface area contributed by atoms with Crippen LogP contribution in [0.1, 0.15) is 22.8 Å². The zero-order valence-electron chi connectivity index (χ0n) is 17.1. The Bertz CT molecular complexity index is 1120. The summed E-state index contributed by atoms with van der Waals surface area (Å²) in [6, 6.07) is 20.3. The number of amides is 1. The number of para-hydroxylation sites is 2. The van der Waals surface area contributed by atoms with E-state index < -0.39 is 10.0 Å². The van der Waals surface area contributed by atoms with Crippen molar-refractivity contribution in [3.63, 3.8) is 0 Å². The van der Waals surface area contributed by atoms with E-state index in [1.165, 1.54) is 11.4 Å². The van der Waals surface area contributed by atoms with Crippen molar-refractivity contribution in [1.29, 1.82) is 0 Å². The van der Waals surface area contributed by atoms with E-state index >= 15 is 0 Å². The summed E-state index contributed by atoms with van der Waals surface area (Å²) >= 11 is 0. The van der Waals surface area contributed by atoms with Gasteiger partial charge in [-0.15, -0.1) is 0 Å². The molecule has 156 valence electrons. The number of rotatable bonds is 7. The molecule has 0 bridgehead atoms. The van der Waals surface area contributed by atoms with Crippen molar-refractivity contribution in [3.8, 4) is 5.75 Å². The Morgan fingerprint density at radius 1 is 0.967 bits per heavy atom. The first kappa shape index (κ1) is 21.4. The second kappa shape index (κ2) is 9.00. The molecule has 0 aliphatic rings. The first-order valence-electron chi connectivity index (χ1n) is 9.51. The summed E-state index contributed by atoms with van der Waals surface area (Å²) in [5, 5.41) is 2.83. The van der Waals surface area contributed by atoms with Gasteiger partial charge >= 0.3 is 0 Å². The molecule has 1 amide bonds. The van der Waals surface area contributed by atoms with Crippen LogP contribution in [0.2, 0.25) is 0 Å². The maximum absolute atomic E-state index is 12.8. The molecule has 0 atom stereocenters. The maximum atomic E-state index is 12.8. The quantitative estimate of drug-likeness (QED) is 0.607. The average molecular weight is 425 g/mol. The minimum Gasteiger partial charge on any atom is -0.492 e. The van der Waals surface area contributed by atoms with Crippen LogP contribution in [0.15, 0.2) is 77.7 Å². The Morgan fingerprint density at radius 2 is 1.60 bits per heavy atom. The zero-order valence-corrected chi connectivity index (χ0v) is 17.9. The van der Waals surface area contributed by atoms with Crippen molar-refractivity contribution < 1.29 is 17.9 Å². The van der Waals surface area contributed by atoms with Crippen LogP contribution in [-0.4, -0.2) is 28.0 Å². The number of benzene rings is 3. The third-order valence-corrected chi connectivity index (χ3v) is 6.41. The number of anilines is 2. The average Bonchev–Trinajstić information content (AvgIpc) is 2.75. The summed E-state index contributed by atoms with van der Waals surface area (Å²) in [4.78, 5) is 12.8. The molecule has 7 heteroatoms. The fraction of sp³-hybridized carbons (Fsp3) is 0.174. The minimum atomic E-state index is -3.69. The van der Waals surface area contributed by atoms with E-state index in [4.69, 9.17) is 4.74 Å². The van der Waals surface area contributed by atoms with Crippen LogP contribution in [0.5, 0.6) is 5.75 Å². The van der Waals surface area contributed by atoms with Crippen molar-refractivity contribution in [3.05, 3.63) is 83.9 Å². The Hall–Kier alpha value is -3.32. The summed E-state index contributed by atoms with van der Waals surface area (Å²) in [7, 11) is -2.20. The first-order chi connectivity index (χ1) is 14.3. The van der Waals surface area contributed by atoms with E-state index in [-0.39, 0.29) is 10.8 Å². The van der Waals surface area contributed by atoms with Gasteiger partial charge in [0, 0.05) is 12.6 Å². The lowest BCUT2D eigenvalue weighted by Crippen LogP contribution is -2.26. The van der Waals surface area contributed by atoms with Crippen LogP contribution in [0.3, 0.4) is 0 Å². The number of nitrogens with zero attached hydrogens (tertiary/aromatic N) is 1. The highest BCUT2D eigenvalue weighted by Gasteiger charge is 2.21. The maximum Gasteiger partial charge on any atom is 0.264 e. The number of sulfonamides is 1. The number of hydrogen-bond donors (Lipinski definition) is 1. The summed E-state index contributed by atoms with van der Waals surface area (Å²) in [6.45, 7) is 4.26. The van der Waals surface area contributed by atoms with Gasteiger partial charge in [-0.05, 0) is 62.4 Å². The van der Waals surface area contributed by atoms with Crippen LogP contribution < -0.4 is 14.4 Å². The molecule has 0 unspecified atom stereocenters. The Kier molecular flexibility index (Phi) is 6.42. The third kappa shape index (κ3) is 4.63. The molecule has 6 nitrogen and oxygen atoms in total. The lowest BCUT2D eigenvalue weighted by atomic mass is 10.2. The van der Waals surface area contributed by atoms with Crippen molar-refractivity contribution in [1.82, 2.24) is 0 Å². The molecule has 0 heterocycles. The van der Waals surface area contributed by atoms with Gasteiger partial charge in [0.25, 0.3) is 15.9 Å². The van der Waals surface area contributed by atoms with Crippen LogP contribution in [0.25, 0.3) is 0 Å². The monoisotopic (exact) mass is 424 g/mol. The van der Waals surface area contributed by atoms with Crippen molar-refractivity contribution >= 4 is 27.3 Å². The van der Waals surface area contributed by atoms with E-state index in [0.717, 1.165) is 5.56 Å². The van der Waals surface area contributed by atoms with Gasteiger partial charge in [-0.2, -0.15) is 0 Å². The van der Waals surface area contributed by atoms with Crippen molar-refractivity contribution in [2.75, 3.05) is 23.3 Å². The highest BCUT2D eigenvalue weighted by Crippen LogP contribution is 2.26. The summed E-state index contributed by atoms with van der Waals surface area (Å²) in [5.74, 6) is 0.284. The van der Waals surface area contributed by atoms with Gasteiger partial charge in [0.2, 0.25) is 0 Å². The molecular weight excluding hydrogens is 400 g/mol. The standard InChI is InChI=1S/C23H24N2O4S/c1-4-29-22-8-6-5-7-21(22)24-23(26)18-11-13-19(14-12-18)25(3)30(27,28)20-15-9-17(2)10-16-20/h5-16H,4H2,1-3H3,(H,24,26). The summed E-state index contributed by atoms with van der Waals surface area (Å²) < 4.78 is 32.4. The number of nitrogens with one attached hydrogen (secondary N) is 1. The lowest BCUT2D eigenvalue weighted by Gasteiger charge is -2.20. The molecule has 0 radical (unpaired) electrons. The second-order valence-electron chi connectivity index (χ2n) is 6.72. The molecule has 0 aliphatic heterocycles. The minimum absolute atomic E-state index is 0.213. The smallest absolute Gasteiger partial charge is 0.264 e. The first-order valence-corrected chi connectivity index (χ1v) is 11.0. The molecule has 1 N–H and O–H groups in total. The zero-order chi connectivity index (χ0) is 21.7. The third-order valence-electron chi connectivity index (χ3n) is 4.61. The van der Waals surface area contributed by atoms with Gasteiger partial charge in [-0.25, -0.2) is 8.42 Å². The molecule has 0 aliphatic carbocycles.